The van der Waals surface area contributed by atoms with E-state index in [9.17, 15) is 0 Å². The molecule has 2 rings (SSSR count). The van der Waals surface area contributed by atoms with Crippen molar-refractivity contribution in [1.29, 1.82) is 0 Å². The van der Waals surface area contributed by atoms with E-state index < -0.39 is 0 Å². The largest absolute Gasteiger partial charge is 0.477 e. The molecule has 1 saturated heterocycles. The minimum atomic E-state index is 0.253. The summed E-state index contributed by atoms with van der Waals surface area (Å²) in [6.07, 6.45) is 3.55. The number of aromatic nitrogens is 2. The van der Waals surface area contributed by atoms with Gasteiger partial charge >= 0.3 is 0 Å². The molecule has 1 aromatic heterocycles. The molecule has 0 bridgehead atoms. The molecule has 0 saturated carbocycles. The molecule has 5 heteroatoms. The van der Waals surface area contributed by atoms with E-state index in [1.165, 1.54) is 6.33 Å². The van der Waals surface area contributed by atoms with Gasteiger partial charge in [0, 0.05) is 13.2 Å². The van der Waals surface area contributed by atoms with Gasteiger partial charge in [-0.15, -0.1) is 0 Å². The molecule has 18 heavy (non-hydrogen) atoms. The van der Waals surface area contributed by atoms with Crippen molar-refractivity contribution in [1.82, 2.24) is 9.97 Å². The topological polar surface area (TPSA) is 44.2 Å². The standard InChI is InChI=1S/C13H19ClN2O2/c1-9(2)11-12(14)15-8-16-13(11)18-7-10-3-5-17-6-4-10/h8-10H,3-7H2,1-2H3. The van der Waals surface area contributed by atoms with Crippen molar-refractivity contribution in [2.24, 2.45) is 5.92 Å². The highest BCUT2D eigenvalue weighted by Gasteiger charge is 2.18. The first-order chi connectivity index (χ1) is 8.68. The number of hydrogen-bond donors (Lipinski definition) is 0. The number of ether oxygens (including phenoxy) is 2. The maximum atomic E-state index is 6.09. The Morgan fingerprint density at radius 2 is 2.11 bits per heavy atom. The zero-order valence-corrected chi connectivity index (χ0v) is 11.6. The highest BCUT2D eigenvalue weighted by Crippen LogP contribution is 2.30. The normalized spacial score (nSPS) is 17.1. The van der Waals surface area contributed by atoms with Gasteiger partial charge < -0.3 is 9.47 Å². The monoisotopic (exact) mass is 270 g/mol. The summed E-state index contributed by atoms with van der Waals surface area (Å²) < 4.78 is 11.2. The van der Waals surface area contributed by atoms with Crippen LogP contribution < -0.4 is 4.74 Å². The summed E-state index contributed by atoms with van der Waals surface area (Å²) in [4.78, 5) is 8.21. The Balaban J connectivity index is 2.02. The number of nitrogens with zero attached hydrogens (tertiary/aromatic N) is 2. The Hall–Kier alpha value is -0.870. The molecule has 0 unspecified atom stereocenters. The van der Waals surface area contributed by atoms with Crippen molar-refractivity contribution in [2.45, 2.75) is 32.6 Å². The molecule has 2 heterocycles. The molecule has 0 radical (unpaired) electrons. The Bertz CT molecular complexity index is 393. The number of halogens is 1. The lowest BCUT2D eigenvalue weighted by Gasteiger charge is -2.22. The second kappa shape index (κ2) is 6.34. The first kappa shape index (κ1) is 13.6. The van der Waals surface area contributed by atoms with Crippen molar-refractivity contribution in [3.63, 3.8) is 0 Å². The smallest absolute Gasteiger partial charge is 0.221 e. The van der Waals surface area contributed by atoms with Gasteiger partial charge in [0.05, 0.1) is 12.2 Å². The van der Waals surface area contributed by atoms with E-state index in [0.29, 0.717) is 23.6 Å². The van der Waals surface area contributed by atoms with Crippen molar-refractivity contribution in [2.75, 3.05) is 19.8 Å². The van der Waals surface area contributed by atoms with E-state index in [4.69, 9.17) is 21.1 Å². The molecule has 1 aromatic rings. The molecule has 0 aromatic carbocycles. The average molecular weight is 271 g/mol. The van der Waals surface area contributed by atoms with Crippen LogP contribution in [-0.2, 0) is 4.74 Å². The van der Waals surface area contributed by atoms with Gasteiger partial charge in [-0.05, 0) is 24.7 Å². The SMILES string of the molecule is CC(C)c1c(Cl)ncnc1OCC1CCOCC1. The first-order valence-corrected chi connectivity index (χ1v) is 6.77. The van der Waals surface area contributed by atoms with Crippen LogP contribution in [0.1, 0.15) is 38.2 Å². The lowest BCUT2D eigenvalue weighted by atomic mass is 10.0. The molecule has 100 valence electrons. The predicted molar refractivity (Wildman–Crippen MR) is 70.2 cm³/mol. The third kappa shape index (κ3) is 3.33. The molecule has 1 aliphatic rings. The fourth-order valence-electron chi connectivity index (χ4n) is 2.07. The third-order valence-corrected chi connectivity index (χ3v) is 3.47. The number of rotatable bonds is 4. The van der Waals surface area contributed by atoms with Gasteiger partial charge in [-0.25, -0.2) is 9.97 Å². The van der Waals surface area contributed by atoms with Gasteiger partial charge in [-0.2, -0.15) is 0 Å². The van der Waals surface area contributed by atoms with Crippen LogP contribution in [0.4, 0.5) is 0 Å². The predicted octanol–water partition coefficient (Wildman–Crippen LogP) is 3.06. The van der Waals surface area contributed by atoms with Crippen LogP contribution in [0.15, 0.2) is 6.33 Å². The molecule has 1 fully saturated rings. The highest BCUT2D eigenvalue weighted by molar-refractivity contribution is 6.30. The fraction of sp³-hybridized carbons (Fsp3) is 0.692. The fourth-order valence-corrected chi connectivity index (χ4v) is 2.41. The Kier molecular flexibility index (Phi) is 4.78. The van der Waals surface area contributed by atoms with Gasteiger partial charge in [0.2, 0.25) is 5.88 Å². The van der Waals surface area contributed by atoms with Crippen molar-refractivity contribution in [3.05, 3.63) is 17.0 Å². The highest BCUT2D eigenvalue weighted by atomic mass is 35.5. The van der Waals surface area contributed by atoms with Crippen LogP contribution in [-0.4, -0.2) is 29.8 Å². The average Bonchev–Trinajstić information content (AvgIpc) is 2.37. The Labute approximate surface area is 113 Å². The Morgan fingerprint density at radius 1 is 1.39 bits per heavy atom. The van der Waals surface area contributed by atoms with Crippen molar-refractivity contribution >= 4 is 11.6 Å². The van der Waals surface area contributed by atoms with E-state index in [0.717, 1.165) is 31.6 Å². The summed E-state index contributed by atoms with van der Waals surface area (Å²) in [6.45, 7) is 6.46. The van der Waals surface area contributed by atoms with E-state index in [1.807, 2.05) is 0 Å². The lowest BCUT2D eigenvalue weighted by molar-refractivity contribution is 0.0488. The number of hydrogen-bond acceptors (Lipinski definition) is 4. The molecule has 1 aliphatic heterocycles. The summed E-state index contributed by atoms with van der Waals surface area (Å²) in [5.41, 5.74) is 0.895. The van der Waals surface area contributed by atoms with Crippen LogP contribution in [0.2, 0.25) is 5.15 Å². The van der Waals surface area contributed by atoms with E-state index >= 15 is 0 Å². The molecule has 0 atom stereocenters. The molecule has 0 spiro atoms. The van der Waals surface area contributed by atoms with Crippen LogP contribution in [0.5, 0.6) is 5.88 Å². The molecule has 0 N–H and O–H groups in total. The van der Waals surface area contributed by atoms with Gasteiger partial charge in [0.25, 0.3) is 0 Å². The van der Waals surface area contributed by atoms with Crippen LogP contribution >= 0.6 is 11.6 Å². The van der Waals surface area contributed by atoms with Gasteiger partial charge in [0.15, 0.2) is 0 Å². The zero-order chi connectivity index (χ0) is 13.0. The minimum absolute atomic E-state index is 0.253. The van der Waals surface area contributed by atoms with Crippen molar-refractivity contribution in [3.8, 4) is 5.88 Å². The maximum Gasteiger partial charge on any atom is 0.221 e. The van der Waals surface area contributed by atoms with E-state index in [2.05, 4.69) is 23.8 Å². The Morgan fingerprint density at radius 3 is 2.78 bits per heavy atom. The lowest BCUT2D eigenvalue weighted by Crippen LogP contribution is -2.22. The maximum absolute atomic E-state index is 6.09. The summed E-state index contributed by atoms with van der Waals surface area (Å²) in [5, 5.41) is 0.488. The van der Waals surface area contributed by atoms with E-state index in [-0.39, 0.29) is 5.92 Å². The van der Waals surface area contributed by atoms with Gasteiger partial charge in [0.1, 0.15) is 11.5 Å². The summed E-state index contributed by atoms with van der Waals surface area (Å²) >= 11 is 6.09. The van der Waals surface area contributed by atoms with Crippen LogP contribution in [0.3, 0.4) is 0 Å². The second-order valence-electron chi connectivity index (χ2n) is 4.90. The molecule has 0 aliphatic carbocycles. The second-order valence-corrected chi connectivity index (χ2v) is 5.26. The molecule has 0 amide bonds. The van der Waals surface area contributed by atoms with Crippen LogP contribution in [0.25, 0.3) is 0 Å². The third-order valence-electron chi connectivity index (χ3n) is 3.17. The van der Waals surface area contributed by atoms with E-state index in [1.54, 1.807) is 0 Å². The summed E-state index contributed by atoms with van der Waals surface area (Å²) in [6, 6.07) is 0. The van der Waals surface area contributed by atoms with Crippen molar-refractivity contribution < 1.29 is 9.47 Å². The van der Waals surface area contributed by atoms with Gasteiger partial charge in [-0.1, -0.05) is 25.4 Å². The summed E-state index contributed by atoms with van der Waals surface area (Å²) in [7, 11) is 0. The summed E-state index contributed by atoms with van der Waals surface area (Å²) in [5.74, 6) is 1.42. The zero-order valence-electron chi connectivity index (χ0n) is 10.9. The molecule has 4 nitrogen and oxygen atoms in total. The van der Waals surface area contributed by atoms with Crippen LogP contribution in [0, 0.1) is 5.92 Å². The minimum Gasteiger partial charge on any atom is -0.477 e. The van der Waals surface area contributed by atoms with Gasteiger partial charge in [-0.3, -0.25) is 0 Å². The molecular formula is C13H19ClN2O2. The first-order valence-electron chi connectivity index (χ1n) is 6.39. The molecular weight excluding hydrogens is 252 g/mol. The quantitative estimate of drug-likeness (QED) is 0.789.